The van der Waals surface area contributed by atoms with E-state index in [2.05, 4.69) is 59.6 Å². The number of aryl methyl sites for hydroxylation is 1. The van der Waals surface area contributed by atoms with Gasteiger partial charge in [-0.1, -0.05) is 24.3 Å². The highest BCUT2D eigenvalue weighted by molar-refractivity contribution is 5.60. The number of nitrogens with zero attached hydrogens (tertiary/aromatic N) is 1. The quantitative estimate of drug-likeness (QED) is 0.931. The SMILES string of the molecule is CC1CNc2cc(CCN3CCCc4ccccc43)ccc2O1. The Balaban J connectivity index is 1.46. The molecule has 3 heteroatoms. The van der Waals surface area contributed by atoms with Crippen molar-refractivity contribution in [3.8, 4) is 5.75 Å². The van der Waals surface area contributed by atoms with Gasteiger partial charge in [-0.05, 0) is 55.5 Å². The maximum absolute atomic E-state index is 5.85. The molecule has 2 aliphatic rings. The van der Waals surface area contributed by atoms with Crippen LogP contribution in [0.2, 0.25) is 0 Å². The number of hydrogen-bond donors (Lipinski definition) is 1. The van der Waals surface area contributed by atoms with Gasteiger partial charge in [-0.15, -0.1) is 0 Å². The molecular formula is C20H24N2O. The summed E-state index contributed by atoms with van der Waals surface area (Å²) in [6.45, 7) is 5.22. The van der Waals surface area contributed by atoms with Gasteiger partial charge < -0.3 is 15.0 Å². The summed E-state index contributed by atoms with van der Waals surface area (Å²) in [5.74, 6) is 0.982. The normalized spacial score (nSPS) is 19.3. The molecule has 0 amide bonds. The first-order valence-corrected chi connectivity index (χ1v) is 8.66. The van der Waals surface area contributed by atoms with Crippen LogP contribution in [0.3, 0.4) is 0 Å². The van der Waals surface area contributed by atoms with E-state index in [9.17, 15) is 0 Å². The summed E-state index contributed by atoms with van der Waals surface area (Å²) in [7, 11) is 0. The van der Waals surface area contributed by atoms with Crippen LogP contribution in [0.15, 0.2) is 42.5 Å². The van der Waals surface area contributed by atoms with Crippen molar-refractivity contribution in [1.82, 2.24) is 0 Å². The largest absolute Gasteiger partial charge is 0.487 e. The Morgan fingerprint density at radius 3 is 3.09 bits per heavy atom. The third-order valence-electron chi connectivity index (χ3n) is 4.83. The zero-order valence-corrected chi connectivity index (χ0v) is 13.7. The third-order valence-corrected chi connectivity index (χ3v) is 4.83. The summed E-state index contributed by atoms with van der Waals surface area (Å²) < 4.78 is 5.85. The Morgan fingerprint density at radius 2 is 2.13 bits per heavy atom. The maximum atomic E-state index is 5.85. The summed E-state index contributed by atoms with van der Waals surface area (Å²) in [6, 6.07) is 15.4. The molecule has 1 unspecified atom stereocenters. The number of hydrogen-bond acceptors (Lipinski definition) is 3. The highest BCUT2D eigenvalue weighted by atomic mass is 16.5. The number of fused-ring (bicyclic) bond motifs is 2. The van der Waals surface area contributed by atoms with Crippen molar-refractivity contribution in [2.75, 3.05) is 29.9 Å². The van der Waals surface area contributed by atoms with Crippen LogP contribution in [0.1, 0.15) is 24.5 Å². The molecule has 2 aliphatic heterocycles. The molecule has 0 aromatic heterocycles. The van der Waals surface area contributed by atoms with E-state index in [-0.39, 0.29) is 6.10 Å². The topological polar surface area (TPSA) is 24.5 Å². The fourth-order valence-electron chi connectivity index (χ4n) is 3.59. The van der Waals surface area contributed by atoms with Gasteiger partial charge in [0.25, 0.3) is 0 Å². The van der Waals surface area contributed by atoms with E-state index in [0.717, 1.165) is 30.9 Å². The predicted octanol–water partition coefficient (Wildman–Crippen LogP) is 3.87. The molecule has 0 fully saturated rings. The molecule has 2 aromatic carbocycles. The number of nitrogens with one attached hydrogen (secondary N) is 1. The number of rotatable bonds is 3. The number of para-hydroxylation sites is 1. The highest BCUT2D eigenvalue weighted by Crippen LogP contribution is 2.31. The monoisotopic (exact) mass is 308 g/mol. The molecule has 0 aliphatic carbocycles. The molecule has 23 heavy (non-hydrogen) atoms. The third kappa shape index (κ3) is 3.00. The Bertz CT molecular complexity index is 698. The lowest BCUT2D eigenvalue weighted by Crippen LogP contribution is -2.31. The molecule has 3 nitrogen and oxygen atoms in total. The molecular weight excluding hydrogens is 284 g/mol. The van der Waals surface area contributed by atoms with Crippen LogP contribution in [0.4, 0.5) is 11.4 Å². The second-order valence-corrected chi connectivity index (χ2v) is 6.61. The summed E-state index contributed by atoms with van der Waals surface area (Å²) >= 11 is 0. The van der Waals surface area contributed by atoms with E-state index < -0.39 is 0 Å². The Morgan fingerprint density at radius 1 is 1.22 bits per heavy atom. The van der Waals surface area contributed by atoms with Crippen molar-refractivity contribution in [2.24, 2.45) is 0 Å². The Hall–Kier alpha value is -2.16. The highest BCUT2D eigenvalue weighted by Gasteiger charge is 2.17. The van der Waals surface area contributed by atoms with Crippen LogP contribution in [0, 0.1) is 0 Å². The van der Waals surface area contributed by atoms with Crippen molar-refractivity contribution in [1.29, 1.82) is 0 Å². The van der Waals surface area contributed by atoms with Crippen molar-refractivity contribution in [2.45, 2.75) is 32.3 Å². The fourth-order valence-corrected chi connectivity index (χ4v) is 3.59. The van der Waals surface area contributed by atoms with Crippen LogP contribution >= 0.6 is 0 Å². The van der Waals surface area contributed by atoms with Gasteiger partial charge in [-0.2, -0.15) is 0 Å². The van der Waals surface area contributed by atoms with E-state index >= 15 is 0 Å². The molecule has 0 bridgehead atoms. The van der Waals surface area contributed by atoms with Gasteiger partial charge in [-0.3, -0.25) is 0 Å². The molecule has 0 spiro atoms. The van der Waals surface area contributed by atoms with E-state index in [0.29, 0.717) is 0 Å². The van der Waals surface area contributed by atoms with Crippen LogP contribution in [0.5, 0.6) is 5.75 Å². The second kappa shape index (κ2) is 6.15. The zero-order chi connectivity index (χ0) is 15.6. The van der Waals surface area contributed by atoms with Crippen LogP contribution in [-0.4, -0.2) is 25.7 Å². The summed E-state index contributed by atoms with van der Waals surface area (Å²) in [4.78, 5) is 2.53. The van der Waals surface area contributed by atoms with Crippen molar-refractivity contribution < 1.29 is 4.74 Å². The zero-order valence-electron chi connectivity index (χ0n) is 13.7. The molecule has 1 atom stereocenters. The van der Waals surface area contributed by atoms with E-state index in [4.69, 9.17) is 4.74 Å². The van der Waals surface area contributed by atoms with E-state index in [1.54, 1.807) is 0 Å². The first-order chi connectivity index (χ1) is 11.3. The van der Waals surface area contributed by atoms with Gasteiger partial charge in [0.2, 0.25) is 0 Å². The van der Waals surface area contributed by atoms with Crippen LogP contribution in [0.25, 0.3) is 0 Å². The van der Waals surface area contributed by atoms with Crippen molar-refractivity contribution >= 4 is 11.4 Å². The van der Waals surface area contributed by atoms with E-state index in [1.165, 1.54) is 36.2 Å². The van der Waals surface area contributed by atoms with Gasteiger partial charge in [-0.25, -0.2) is 0 Å². The molecule has 0 saturated carbocycles. The standard InChI is InChI=1S/C20H24N2O/c1-15-14-21-18-13-16(8-9-20(18)23-15)10-12-22-11-4-6-17-5-2-3-7-19(17)22/h2-3,5,7-9,13,15,21H,4,6,10-12,14H2,1H3. The predicted molar refractivity (Wildman–Crippen MR) is 95.7 cm³/mol. The van der Waals surface area contributed by atoms with Gasteiger partial charge in [0.15, 0.2) is 0 Å². The maximum Gasteiger partial charge on any atom is 0.142 e. The number of anilines is 2. The van der Waals surface area contributed by atoms with Crippen molar-refractivity contribution in [3.63, 3.8) is 0 Å². The number of benzene rings is 2. The average Bonchev–Trinajstić information content (AvgIpc) is 2.60. The van der Waals surface area contributed by atoms with Crippen LogP contribution in [-0.2, 0) is 12.8 Å². The van der Waals surface area contributed by atoms with Gasteiger partial charge in [0, 0.05) is 18.8 Å². The minimum Gasteiger partial charge on any atom is -0.487 e. The van der Waals surface area contributed by atoms with Gasteiger partial charge in [0.05, 0.1) is 12.2 Å². The second-order valence-electron chi connectivity index (χ2n) is 6.61. The van der Waals surface area contributed by atoms with Crippen LogP contribution < -0.4 is 15.0 Å². The Kier molecular flexibility index (Phi) is 3.86. The van der Waals surface area contributed by atoms with E-state index in [1.807, 2.05) is 0 Å². The van der Waals surface area contributed by atoms with Crippen molar-refractivity contribution in [3.05, 3.63) is 53.6 Å². The lowest BCUT2D eigenvalue weighted by atomic mass is 10.0. The minimum atomic E-state index is 0.248. The fraction of sp³-hybridized carbons (Fsp3) is 0.400. The van der Waals surface area contributed by atoms with Gasteiger partial charge >= 0.3 is 0 Å². The minimum absolute atomic E-state index is 0.248. The summed E-state index contributed by atoms with van der Waals surface area (Å²) in [5.41, 5.74) is 5.43. The van der Waals surface area contributed by atoms with Gasteiger partial charge in [0.1, 0.15) is 11.9 Å². The lowest BCUT2D eigenvalue weighted by Gasteiger charge is -2.31. The lowest BCUT2D eigenvalue weighted by molar-refractivity contribution is 0.226. The molecule has 0 saturated heterocycles. The molecule has 2 heterocycles. The molecule has 2 aromatic rings. The smallest absolute Gasteiger partial charge is 0.142 e. The summed E-state index contributed by atoms with van der Waals surface area (Å²) in [5, 5.41) is 3.47. The first kappa shape index (κ1) is 14.4. The Labute approximate surface area is 138 Å². The molecule has 0 radical (unpaired) electrons. The molecule has 1 N–H and O–H groups in total. The first-order valence-electron chi connectivity index (χ1n) is 8.66. The average molecular weight is 308 g/mol. The molecule has 120 valence electrons. The molecule has 4 rings (SSSR count). The summed E-state index contributed by atoms with van der Waals surface area (Å²) in [6.07, 6.45) is 3.79. The number of ether oxygens (including phenoxy) is 1.